The molecule has 0 aliphatic carbocycles. The smallest absolute Gasteiger partial charge is 0.287 e. The minimum atomic E-state index is -4.75. The zero-order valence-electron chi connectivity index (χ0n) is 12.4. The second-order valence-corrected chi connectivity index (χ2v) is 6.70. The van der Waals surface area contributed by atoms with Gasteiger partial charge in [-0.25, -0.2) is 8.78 Å². The maximum atomic E-state index is 12.8. The Hall–Kier alpha value is -1.32. The summed E-state index contributed by atoms with van der Waals surface area (Å²) in [7, 11) is 1.03. The Kier molecular flexibility index (Phi) is 6.01. The van der Waals surface area contributed by atoms with Gasteiger partial charge in [-0.2, -0.15) is 18.3 Å². The predicted octanol–water partition coefficient (Wildman–Crippen LogP) is 5.13. The van der Waals surface area contributed by atoms with Crippen molar-refractivity contribution in [3.05, 3.63) is 44.2 Å². The molecule has 3 nitrogen and oxygen atoms in total. The van der Waals surface area contributed by atoms with Crippen molar-refractivity contribution in [3.63, 3.8) is 0 Å². The van der Waals surface area contributed by atoms with Crippen LogP contribution in [0.25, 0.3) is 11.3 Å². The van der Waals surface area contributed by atoms with E-state index < -0.39 is 29.5 Å². The minimum Gasteiger partial charge on any atom is -0.287 e. The highest BCUT2D eigenvalue weighted by Crippen LogP contribution is 2.37. The summed E-state index contributed by atoms with van der Waals surface area (Å²) in [5.41, 5.74) is -2.55. The molecule has 0 bridgehead atoms. The SMILES string of the molecule is Cn1nc(-c2cc(SCC(F)F)c(Cl)cc2Cl)c(=O)cc1C(F)(F)F. The van der Waals surface area contributed by atoms with Crippen molar-refractivity contribution < 1.29 is 22.0 Å². The van der Waals surface area contributed by atoms with Crippen LogP contribution in [0.5, 0.6) is 0 Å². The highest BCUT2D eigenvalue weighted by Gasteiger charge is 2.34. The van der Waals surface area contributed by atoms with Crippen molar-refractivity contribution in [2.45, 2.75) is 17.5 Å². The predicted molar refractivity (Wildman–Crippen MR) is 86.7 cm³/mol. The summed E-state index contributed by atoms with van der Waals surface area (Å²) in [5, 5.41) is 3.69. The van der Waals surface area contributed by atoms with Crippen LogP contribution < -0.4 is 5.43 Å². The molecule has 0 saturated heterocycles. The fourth-order valence-electron chi connectivity index (χ4n) is 1.96. The molecule has 11 heteroatoms. The van der Waals surface area contributed by atoms with Gasteiger partial charge >= 0.3 is 6.18 Å². The third-order valence-electron chi connectivity index (χ3n) is 3.03. The summed E-state index contributed by atoms with van der Waals surface area (Å²) in [6.07, 6.45) is -7.33. The first kappa shape index (κ1) is 20.0. The average molecular weight is 419 g/mol. The van der Waals surface area contributed by atoms with E-state index in [4.69, 9.17) is 23.2 Å². The highest BCUT2D eigenvalue weighted by molar-refractivity contribution is 7.99. The summed E-state index contributed by atoms with van der Waals surface area (Å²) < 4.78 is 63.7. The molecule has 1 heterocycles. The summed E-state index contributed by atoms with van der Waals surface area (Å²) >= 11 is 12.7. The summed E-state index contributed by atoms with van der Waals surface area (Å²) in [6, 6.07) is 2.89. The van der Waals surface area contributed by atoms with E-state index in [1.54, 1.807) is 0 Å². The molecule has 2 rings (SSSR count). The third kappa shape index (κ3) is 4.65. The maximum absolute atomic E-state index is 12.8. The molecule has 0 aliphatic rings. The third-order valence-corrected chi connectivity index (χ3v) is 4.84. The quantitative estimate of drug-likeness (QED) is 0.509. The Bertz CT molecular complexity index is 854. The van der Waals surface area contributed by atoms with Crippen molar-refractivity contribution in [1.82, 2.24) is 9.78 Å². The zero-order valence-corrected chi connectivity index (χ0v) is 14.7. The molecule has 1 aromatic carbocycles. The Balaban J connectivity index is 2.57. The molecule has 0 unspecified atom stereocenters. The van der Waals surface area contributed by atoms with Crippen molar-refractivity contribution >= 4 is 35.0 Å². The van der Waals surface area contributed by atoms with Crippen molar-refractivity contribution in [2.75, 3.05) is 5.75 Å². The van der Waals surface area contributed by atoms with Crippen molar-refractivity contribution in [1.29, 1.82) is 0 Å². The van der Waals surface area contributed by atoms with Gasteiger partial charge in [-0.3, -0.25) is 9.48 Å². The summed E-state index contributed by atoms with van der Waals surface area (Å²) in [6.45, 7) is 0. The van der Waals surface area contributed by atoms with Crippen LogP contribution in [-0.4, -0.2) is 22.0 Å². The molecule has 2 aromatic rings. The lowest BCUT2D eigenvalue weighted by Gasteiger charge is -2.13. The molecule has 136 valence electrons. The van der Waals surface area contributed by atoms with Gasteiger partial charge in [0.25, 0.3) is 0 Å². The van der Waals surface area contributed by atoms with E-state index in [1.165, 1.54) is 12.1 Å². The van der Waals surface area contributed by atoms with Gasteiger partial charge in [0.1, 0.15) is 11.4 Å². The molecule has 0 radical (unpaired) electrons. The standard InChI is InChI=1S/C14H9Cl2F5N2OS/c1-23-11(14(19,20)21)4-9(24)13(22-23)6-2-10(25-5-12(17)18)8(16)3-7(6)15/h2-4,12H,5H2,1H3. The molecule has 0 N–H and O–H groups in total. The van der Waals surface area contributed by atoms with Crippen LogP contribution in [0.4, 0.5) is 22.0 Å². The van der Waals surface area contributed by atoms with Gasteiger partial charge in [0.15, 0.2) is 0 Å². The van der Waals surface area contributed by atoms with Crippen LogP contribution in [0.3, 0.4) is 0 Å². The largest absolute Gasteiger partial charge is 0.433 e. The average Bonchev–Trinajstić information content (AvgIpc) is 2.47. The molecule has 0 fully saturated rings. The second kappa shape index (κ2) is 7.51. The van der Waals surface area contributed by atoms with E-state index in [0.29, 0.717) is 10.7 Å². The van der Waals surface area contributed by atoms with Crippen LogP contribution >= 0.6 is 35.0 Å². The topological polar surface area (TPSA) is 34.9 Å². The first-order chi connectivity index (χ1) is 11.5. The van der Waals surface area contributed by atoms with E-state index in [9.17, 15) is 26.7 Å². The lowest BCUT2D eigenvalue weighted by Crippen LogP contribution is -2.22. The number of halogens is 7. The van der Waals surface area contributed by atoms with Crippen LogP contribution in [0, 0.1) is 0 Å². The minimum absolute atomic E-state index is 0.0113. The molecule has 0 amide bonds. The maximum Gasteiger partial charge on any atom is 0.433 e. The van der Waals surface area contributed by atoms with Gasteiger partial charge in [0.2, 0.25) is 11.9 Å². The number of rotatable bonds is 4. The molecule has 25 heavy (non-hydrogen) atoms. The van der Waals surface area contributed by atoms with Gasteiger partial charge in [0, 0.05) is 23.6 Å². The normalized spacial score (nSPS) is 12.0. The van der Waals surface area contributed by atoms with Gasteiger partial charge in [-0.05, 0) is 12.1 Å². The Labute approximate surface area is 152 Å². The number of hydrogen-bond donors (Lipinski definition) is 0. The van der Waals surface area contributed by atoms with Crippen molar-refractivity contribution in [3.8, 4) is 11.3 Å². The van der Waals surface area contributed by atoms with E-state index >= 15 is 0 Å². The van der Waals surface area contributed by atoms with Crippen LogP contribution in [0.15, 0.2) is 27.9 Å². The van der Waals surface area contributed by atoms with Crippen LogP contribution in [-0.2, 0) is 13.2 Å². The fraction of sp³-hybridized carbons (Fsp3) is 0.286. The molecule has 0 saturated carbocycles. The van der Waals surface area contributed by atoms with Crippen molar-refractivity contribution in [2.24, 2.45) is 7.05 Å². The number of alkyl halides is 5. The fourth-order valence-corrected chi connectivity index (χ4v) is 3.30. The summed E-state index contributed by atoms with van der Waals surface area (Å²) in [4.78, 5) is 12.3. The van der Waals surface area contributed by atoms with Crippen LogP contribution in [0.1, 0.15) is 5.69 Å². The monoisotopic (exact) mass is 418 g/mol. The molecule has 0 atom stereocenters. The molecule has 1 aromatic heterocycles. The Morgan fingerprint density at radius 1 is 1.20 bits per heavy atom. The molecular formula is C14H9Cl2F5N2OS. The Morgan fingerprint density at radius 2 is 1.84 bits per heavy atom. The van der Waals surface area contributed by atoms with E-state index in [0.717, 1.165) is 18.8 Å². The number of hydrogen-bond acceptors (Lipinski definition) is 3. The lowest BCUT2D eigenvalue weighted by atomic mass is 10.1. The van der Waals surface area contributed by atoms with E-state index in [1.807, 2.05) is 0 Å². The molecule has 0 spiro atoms. The number of benzene rings is 1. The lowest BCUT2D eigenvalue weighted by molar-refractivity contribution is -0.144. The van der Waals surface area contributed by atoms with Gasteiger partial charge in [0.05, 0.1) is 15.8 Å². The first-order valence-electron chi connectivity index (χ1n) is 6.56. The number of aryl methyl sites for hydroxylation is 1. The summed E-state index contributed by atoms with van der Waals surface area (Å²) in [5.74, 6) is -0.542. The molecular weight excluding hydrogens is 410 g/mol. The van der Waals surface area contributed by atoms with Gasteiger partial charge in [-0.15, -0.1) is 11.8 Å². The van der Waals surface area contributed by atoms with E-state index in [2.05, 4.69) is 5.10 Å². The highest BCUT2D eigenvalue weighted by atomic mass is 35.5. The molecule has 0 aliphatic heterocycles. The van der Waals surface area contributed by atoms with E-state index in [-0.39, 0.29) is 26.2 Å². The van der Waals surface area contributed by atoms with Gasteiger partial charge in [-0.1, -0.05) is 23.2 Å². The second-order valence-electron chi connectivity index (χ2n) is 4.83. The number of aromatic nitrogens is 2. The zero-order chi connectivity index (χ0) is 18.9. The van der Waals surface area contributed by atoms with Crippen LogP contribution in [0.2, 0.25) is 10.0 Å². The van der Waals surface area contributed by atoms with Gasteiger partial charge < -0.3 is 0 Å². The number of nitrogens with zero attached hydrogens (tertiary/aromatic N) is 2. The number of thioether (sulfide) groups is 1. The Morgan fingerprint density at radius 3 is 2.40 bits per heavy atom. The first-order valence-corrected chi connectivity index (χ1v) is 8.30.